The molecular formula is C12H15FN2O3. The second-order valence-corrected chi connectivity index (χ2v) is 4.70. The minimum Gasteiger partial charge on any atom is -0.490 e. The van der Waals surface area contributed by atoms with Crippen LogP contribution in [0.3, 0.4) is 0 Å². The quantitative estimate of drug-likeness (QED) is 0.614. The lowest BCUT2D eigenvalue weighted by Crippen LogP contribution is -2.25. The number of nitro benzene ring substituents is 1. The van der Waals surface area contributed by atoms with Crippen molar-refractivity contribution < 1.29 is 14.1 Å². The summed E-state index contributed by atoms with van der Waals surface area (Å²) in [6, 6.07) is 4.60. The van der Waals surface area contributed by atoms with Gasteiger partial charge in [0.05, 0.1) is 18.6 Å². The van der Waals surface area contributed by atoms with E-state index >= 15 is 0 Å². The van der Waals surface area contributed by atoms with Gasteiger partial charge in [-0.3, -0.25) is 10.1 Å². The Morgan fingerprint density at radius 2 is 2.28 bits per heavy atom. The van der Waals surface area contributed by atoms with Gasteiger partial charge in [0.15, 0.2) is 5.75 Å². The number of hydrogen-bond acceptors (Lipinski definition) is 4. The SMILES string of the molecule is COc1cc(N2CC[C@@](C)(F)C2)ccc1[N+](=O)[O-]. The molecule has 0 saturated carbocycles. The van der Waals surface area contributed by atoms with E-state index in [-0.39, 0.29) is 11.4 Å². The summed E-state index contributed by atoms with van der Waals surface area (Å²) in [4.78, 5) is 12.1. The average Bonchev–Trinajstić information content (AvgIpc) is 2.68. The molecular weight excluding hydrogens is 239 g/mol. The molecule has 6 heteroatoms. The first kappa shape index (κ1) is 12.6. The van der Waals surface area contributed by atoms with Crippen molar-refractivity contribution in [1.82, 2.24) is 0 Å². The van der Waals surface area contributed by atoms with E-state index in [4.69, 9.17) is 4.74 Å². The van der Waals surface area contributed by atoms with Gasteiger partial charge in [-0.1, -0.05) is 0 Å². The predicted molar refractivity (Wildman–Crippen MR) is 66.0 cm³/mol. The number of nitrogens with zero attached hydrogens (tertiary/aromatic N) is 2. The second-order valence-electron chi connectivity index (χ2n) is 4.70. The number of nitro groups is 1. The molecule has 18 heavy (non-hydrogen) atoms. The first-order chi connectivity index (χ1) is 8.43. The third-order valence-electron chi connectivity index (χ3n) is 3.15. The summed E-state index contributed by atoms with van der Waals surface area (Å²) >= 11 is 0. The van der Waals surface area contributed by atoms with Crippen molar-refractivity contribution in [2.24, 2.45) is 0 Å². The molecule has 0 N–H and O–H groups in total. The molecule has 1 aromatic carbocycles. The Morgan fingerprint density at radius 1 is 1.56 bits per heavy atom. The summed E-state index contributed by atoms with van der Waals surface area (Å²) in [5.74, 6) is 0.199. The zero-order valence-electron chi connectivity index (χ0n) is 10.4. The van der Waals surface area contributed by atoms with Crippen LogP contribution in [-0.2, 0) is 0 Å². The van der Waals surface area contributed by atoms with Crippen molar-refractivity contribution >= 4 is 11.4 Å². The summed E-state index contributed by atoms with van der Waals surface area (Å²) in [6.07, 6.45) is 0.465. The van der Waals surface area contributed by atoms with Crippen LogP contribution in [0.1, 0.15) is 13.3 Å². The van der Waals surface area contributed by atoms with Gasteiger partial charge < -0.3 is 9.64 Å². The molecule has 1 saturated heterocycles. The molecule has 0 radical (unpaired) electrons. The summed E-state index contributed by atoms with van der Waals surface area (Å²) in [5.41, 5.74) is -0.531. The van der Waals surface area contributed by atoms with E-state index in [1.54, 1.807) is 19.1 Å². The first-order valence-corrected chi connectivity index (χ1v) is 5.69. The lowest BCUT2D eigenvalue weighted by atomic mass is 10.1. The van der Waals surface area contributed by atoms with Crippen LogP contribution in [0.2, 0.25) is 0 Å². The van der Waals surface area contributed by atoms with Crippen molar-refractivity contribution in [2.45, 2.75) is 19.0 Å². The van der Waals surface area contributed by atoms with E-state index in [9.17, 15) is 14.5 Å². The van der Waals surface area contributed by atoms with Crippen LogP contribution in [0.5, 0.6) is 5.75 Å². The molecule has 1 aromatic rings. The van der Waals surface area contributed by atoms with Crippen molar-refractivity contribution in [2.75, 3.05) is 25.1 Å². The molecule has 1 fully saturated rings. The van der Waals surface area contributed by atoms with Gasteiger partial charge in [0.1, 0.15) is 5.67 Å². The Hall–Kier alpha value is -1.85. The third-order valence-corrected chi connectivity index (χ3v) is 3.15. The normalized spacial score (nSPS) is 23.2. The zero-order valence-corrected chi connectivity index (χ0v) is 10.4. The van der Waals surface area contributed by atoms with Crippen molar-refractivity contribution in [1.29, 1.82) is 0 Å². The fourth-order valence-corrected chi connectivity index (χ4v) is 2.16. The van der Waals surface area contributed by atoms with Gasteiger partial charge in [-0.25, -0.2) is 4.39 Å². The Bertz CT molecular complexity index is 476. The summed E-state index contributed by atoms with van der Waals surface area (Å²) < 4.78 is 18.8. The fraction of sp³-hybridized carbons (Fsp3) is 0.500. The van der Waals surface area contributed by atoms with Gasteiger partial charge in [0.25, 0.3) is 0 Å². The summed E-state index contributed by atoms with van der Waals surface area (Å²) in [7, 11) is 1.38. The van der Waals surface area contributed by atoms with Crippen molar-refractivity contribution in [3.63, 3.8) is 0 Å². The lowest BCUT2D eigenvalue weighted by molar-refractivity contribution is -0.385. The lowest BCUT2D eigenvalue weighted by Gasteiger charge is -2.20. The zero-order chi connectivity index (χ0) is 13.3. The molecule has 0 spiro atoms. The average molecular weight is 254 g/mol. The number of ether oxygens (including phenoxy) is 1. The fourth-order valence-electron chi connectivity index (χ4n) is 2.16. The monoisotopic (exact) mass is 254 g/mol. The van der Waals surface area contributed by atoms with Gasteiger partial charge in [-0.2, -0.15) is 0 Å². The highest BCUT2D eigenvalue weighted by Crippen LogP contribution is 2.35. The Labute approximate surface area is 104 Å². The van der Waals surface area contributed by atoms with Crippen LogP contribution in [0.4, 0.5) is 15.8 Å². The van der Waals surface area contributed by atoms with E-state index in [1.165, 1.54) is 13.2 Å². The molecule has 0 aliphatic carbocycles. The summed E-state index contributed by atoms with van der Waals surface area (Å²) in [5, 5.41) is 10.8. The maximum atomic E-state index is 13.8. The van der Waals surface area contributed by atoms with Crippen LogP contribution < -0.4 is 9.64 Å². The van der Waals surface area contributed by atoms with Gasteiger partial charge >= 0.3 is 5.69 Å². The third kappa shape index (κ3) is 2.37. The molecule has 98 valence electrons. The molecule has 0 amide bonds. The van der Waals surface area contributed by atoms with Gasteiger partial charge in [0.2, 0.25) is 0 Å². The number of halogens is 1. The Balaban J connectivity index is 2.28. The maximum absolute atomic E-state index is 13.8. The van der Waals surface area contributed by atoms with E-state index in [1.807, 2.05) is 4.90 Å². The summed E-state index contributed by atoms with van der Waals surface area (Å²) in [6.45, 7) is 2.47. The second kappa shape index (κ2) is 4.44. The Kier molecular flexibility index (Phi) is 3.11. The topological polar surface area (TPSA) is 55.6 Å². The number of alkyl halides is 1. The molecule has 1 atom stereocenters. The smallest absolute Gasteiger partial charge is 0.311 e. The van der Waals surface area contributed by atoms with Gasteiger partial charge in [-0.15, -0.1) is 0 Å². The number of methoxy groups -OCH3 is 1. The standard InChI is InChI=1S/C12H15FN2O3/c1-12(13)5-6-14(8-12)9-3-4-10(15(16)17)11(7-9)18-2/h3-4,7H,5-6,8H2,1-2H3/t12-/m1/s1. The van der Waals surface area contributed by atoms with E-state index in [2.05, 4.69) is 0 Å². The van der Waals surface area contributed by atoms with Crippen molar-refractivity contribution in [3.8, 4) is 5.75 Å². The maximum Gasteiger partial charge on any atom is 0.311 e. The molecule has 5 nitrogen and oxygen atoms in total. The van der Waals surface area contributed by atoms with E-state index in [0.717, 1.165) is 5.69 Å². The molecule has 2 rings (SSSR count). The van der Waals surface area contributed by atoms with Crippen molar-refractivity contribution in [3.05, 3.63) is 28.3 Å². The largest absolute Gasteiger partial charge is 0.490 e. The molecule has 0 aromatic heterocycles. The predicted octanol–water partition coefficient (Wildman–Crippen LogP) is 2.54. The minimum atomic E-state index is -1.20. The van der Waals surface area contributed by atoms with Crippen LogP contribution in [-0.4, -0.2) is 30.8 Å². The highest BCUT2D eigenvalue weighted by molar-refractivity contribution is 5.59. The molecule has 0 bridgehead atoms. The first-order valence-electron chi connectivity index (χ1n) is 5.69. The number of benzene rings is 1. The van der Waals surface area contributed by atoms with Crippen LogP contribution >= 0.6 is 0 Å². The highest BCUT2D eigenvalue weighted by atomic mass is 19.1. The van der Waals surface area contributed by atoms with Crippen LogP contribution in [0.15, 0.2) is 18.2 Å². The highest BCUT2D eigenvalue weighted by Gasteiger charge is 2.34. The van der Waals surface area contributed by atoms with E-state index < -0.39 is 10.6 Å². The van der Waals surface area contributed by atoms with E-state index in [0.29, 0.717) is 19.5 Å². The number of rotatable bonds is 3. The molecule has 1 aliphatic rings. The molecule has 1 aliphatic heterocycles. The Morgan fingerprint density at radius 3 is 2.78 bits per heavy atom. The number of hydrogen-bond donors (Lipinski definition) is 0. The number of anilines is 1. The van der Waals surface area contributed by atoms with Crippen LogP contribution in [0, 0.1) is 10.1 Å². The van der Waals surface area contributed by atoms with Gasteiger partial charge in [-0.05, 0) is 13.0 Å². The minimum absolute atomic E-state index is 0.0801. The van der Waals surface area contributed by atoms with Gasteiger partial charge in [0, 0.05) is 30.8 Å². The molecule has 1 heterocycles. The molecule has 0 unspecified atom stereocenters. The van der Waals surface area contributed by atoms with Crippen LogP contribution in [0.25, 0.3) is 0 Å².